The molecule has 3 heteroatoms. The third kappa shape index (κ3) is 3.70. The van der Waals surface area contributed by atoms with Crippen molar-refractivity contribution in [3.63, 3.8) is 0 Å². The maximum Gasteiger partial charge on any atom is 0.131 e. The zero-order valence-corrected chi connectivity index (χ0v) is 11.2. The van der Waals surface area contributed by atoms with Crippen molar-refractivity contribution < 1.29 is 9.50 Å². The lowest BCUT2D eigenvalue weighted by molar-refractivity contribution is 0.266. The number of aromatic hydroxyl groups is 1. The van der Waals surface area contributed by atoms with Gasteiger partial charge in [0.1, 0.15) is 11.6 Å². The molecule has 0 amide bonds. The molecular formula is C14H22FNO. The van der Waals surface area contributed by atoms with Crippen LogP contribution in [0.2, 0.25) is 0 Å². The van der Waals surface area contributed by atoms with Crippen LogP contribution in [-0.4, -0.2) is 11.1 Å². The van der Waals surface area contributed by atoms with E-state index in [-0.39, 0.29) is 29.1 Å². The summed E-state index contributed by atoms with van der Waals surface area (Å²) in [5, 5.41) is 12.5. The smallest absolute Gasteiger partial charge is 0.131 e. The highest BCUT2D eigenvalue weighted by Crippen LogP contribution is 2.25. The second-order valence-electron chi connectivity index (χ2n) is 5.68. The lowest BCUT2D eigenvalue weighted by Gasteiger charge is -2.31. The molecule has 0 aromatic heterocycles. The molecule has 0 saturated heterocycles. The van der Waals surface area contributed by atoms with E-state index in [1.165, 1.54) is 6.07 Å². The maximum atomic E-state index is 13.6. The molecule has 0 radical (unpaired) electrons. The Balaban J connectivity index is 2.80. The predicted molar refractivity (Wildman–Crippen MR) is 68.5 cm³/mol. The highest BCUT2D eigenvalue weighted by molar-refractivity contribution is 5.29. The van der Waals surface area contributed by atoms with Crippen LogP contribution in [0.1, 0.15) is 46.2 Å². The number of phenolic OH excluding ortho intramolecular Hbond substituents is 1. The number of rotatable bonds is 3. The van der Waals surface area contributed by atoms with Gasteiger partial charge in [-0.2, -0.15) is 0 Å². The summed E-state index contributed by atoms with van der Waals surface area (Å²) in [6.45, 7) is 10.5. The van der Waals surface area contributed by atoms with Gasteiger partial charge in [0.25, 0.3) is 0 Å². The molecule has 2 N–H and O–H groups in total. The molecule has 0 aliphatic rings. The fourth-order valence-corrected chi connectivity index (χ4v) is 1.58. The fraction of sp³-hybridized carbons (Fsp3) is 0.571. The second-order valence-corrected chi connectivity index (χ2v) is 5.68. The number of hydrogen-bond donors (Lipinski definition) is 2. The number of phenols is 1. The molecule has 2 nitrogen and oxygen atoms in total. The van der Waals surface area contributed by atoms with Crippen molar-refractivity contribution in [2.75, 3.05) is 0 Å². The number of nitrogens with one attached hydrogen (secondary N) is 1. The van der Waals surface area contributed by atoms with Gasteiger partial charge in [-0.3, -0.25) is 0 Å². The first kappa shape index (κ1) is 14.0. The Morgan fingerprint density at radius 2 is 1.82 bits per heavy atom. The molecule has 96 valence electrons. The monoisotopic (exact) mass is 239 g/mol. The van der Waals surface area contributed by atoms with Gasteiger partial charge >= 0.3 is 0 Å². The van der Waals surface area contributed by atoms with Crippen molar-refractivity contribution >= 4 is 0 Å². The van der Waals surface area contributed by atoms with Gasteiger partial charge in [0.15, 0.2) is 0 Å². The highest BCUT2D eigenvalue weighted by Gasteiger charge is 2.22. The molecule has 0 aliphatic carbocycles. The molecule has 1 rings (SSSR count). The summed E-state index contributed by atoms with van der Waals surface area (Å²) in [5.74, 6) is -0.409. The van der Waals surface area contributed by atoms with E-state index in [0.717, 1.165) is 6.07 Å². The summed E-state index contributed by atoms with van der Waals surface area (Å²) >= 11 is 0. The Kier molecular flexibility index (Phi) is 4.15. The van der Waals surface area contributed by atoms with Crippen LogP contribution in [0, 0.1) is 11.2 Å². The van der Waals surface area contributed by atoms with E-state index in [4.69, 9.17) is 0 Å². The van der Waals surface area contributed by atoms with Crippen LogP contribution in [0.3, 0.4) is 0 Å². The van der Waals surface area contributed by atoms with Gasteiger partial charge in [-0.1, -0.05) is 26.8 Å². The van der Waals surface area contributed by atoms with E-state index >= 15 is 0 Å². The van der Waals surface area contributed by atoms with Crippen molar-refractivity contribution in [1.82, 2.24) is 5.32 Å². The van der Waals surface area contributed by atoms with Gasteiger partial charge < -0.3 is 10.4 Å². The Morgan fingerprint density at radius 3 is 2.29 bits per heavy atom. The third-order valence-corrected chi connectivity index (χ3v) is 3.25. The van der Waals surface area contributed by atoms with Crippen LogP contribution in [-0.2, 0) is 0 Å². The van der Waals surface area contributed by atoms with Crippen LogP contribution < -0.4 is 5.32 Å². The average Bonchev–Trinajstić information content (AvgIpc) is 2.15. The minimum Gasteiger partial charge on any atom is -0.508 e. The summed E-state index contributed by atoms with van der Waals surface area (Å²) in [6.07, 6.45) is 0. The minimum absolute atomic E-state index is 0.0395. The summed E-state index contributed by atoms with van der Waals surface area (Å²) in [7, 11) is 0. The molecule has 0 aliphatic heterocycles. The molecular weight excluding hydrogens is 217 g/mol. The largest absolute Gasteiger partial charge is 0.508 e. The standard InChI is InChI=1S/C14H22FNO/c1-9(16-10(2)14(3,4)5)12-7-6-11(17)8-13(12)15/h6-10,16-17H,1-5H3. The van der Waals surface area contributed by atoms with Crippen LogP contribution in [0.25, 0.3) is 0 Å². The Labute approximate surface area is 103 Å². The van der Waals surface area contributed by atoms with Gasteiger partial charge in [-0.05, 0) is 25.3 Å². The van der Waals surface area contributed by atoms with Crippen molar-refractivity contribution in [1.29, 1.82) is 0 Å². The zero-order chi connectivity index (χ0) is 13.2. The second kappa shape index (κ2) is 5.05. The molecule has 0 heterocycles. The molecule has 0 bridgehead atoms. The summed E-state index contributed by atoms with van der Waals surface area (Å²) in [6, 6.07) is 4.47. The van der Waals surface area contributed by atoms with Gasteiger partial charge in [0.05, 0.1) is 0 Å². The third-order valence-electron chi connectivity index (χ3n) is 3.25. The first-order valence-corrected chi connectivity index (χ1v) is 5.96. The van der Waals surface area contributed by atoms with Gasteiger partial charge in [-0.25, -0.2) is 4.39 Å². The molecule has 1 aromatic rings. The van der Waals surface area contributed by atoms with E-state index in [1.54, 1.807) is 6.07 Å². The van der Waals surface area contributed by atoms with Crippen LogP contribution in [0.5, 0.6) is 5.75 Å². The number of halogens is 1. The predicted octanol–water partition coefficient (Wildman–Crippen LogP) is 3.62. The molecule has 0 fully saturated rings. The Morgan fingerprint density at radius 1 is 1.24 bits per heavy atom. The topological polar surface area (TPSA) is 32.3 Å². The Bertz CT molecular complexity index is 384. The van der Waals surface area contributed by atoms with Gasteiger partial charge in [-0.15, -0.1) is 0 Å². The van der Waals surface area contributed by atoms with E-state index in [2.05, 4.69) is 33.0 Å². The quantitative estimate of drug-likeness (QED) is 0.844. The summed E-state index contributed by atoms with van der Waals surface area (Å²) in [5.41, 5.74) is 0.709. The normalized spacial score (nSPS) is 15.6. The summed E-state index contributed by atoms with van der Waals surface area (Å²) in [4.78, 5) is 0. The zero-order valence-electron chi connectivity index (χ0n) is 11.2. The maximum absolute atomic E-state index is 13.6. The minimum atomic E-state index is -0.369. The fourth-order valence-electron chi connectivity index (χ4n) is 1.58. The van der Waals surface area contributed by atoms with E-state index < -0.39 is 0 Å². The lowest BCUT2D eigenvalue weighted by Crippen LogP contribution is -2.39. The first-order valence-electron chi connectivity index (χ1n) is 5.96. The molecule has 2 atom stereocenters. The van der Waals surface area contributed by atoms with Crippen LogP contribution >= 0.6 is 0 Å². The first-order chi connectivity index (χ1) is 7.71. The SMILES string of the molecule is CC(NC(C)C(C)(C)C)c1ccc(O)cc1F. The molecule has 1 aromatic carbocycles. The summed E-state index contributed by atoms with van der Waals surface area (Å²) < 4.78 is 13.6. The number of benzene rings is 1. The molecule has 2 unspecified atom stereocenters. The van der Waals surface area contributed by atoms with Crippen molar-refractivity contribution in [3.8, 4) is 5.75 Å². The number of hydrogen-bond acceptors (Lipinski definition) is 2. The highest BCUT2D eigenvalue weighted by atomic mass is 19.1. The van der Waals surface area contributed by atoms with E-state index in [0.29, 0.717) is 5.56 Å². The molecule has 17 heavy (non-hydrogen) atoms. The van der Waals surface area contributed by atoms with Crippen LogP contribution in [0.4, 0.5) is 4.39 Å². The van der Waals surface area contributed by atoms with E-state index in [9.17, 15) is 9.50 Å². The van der Waals surface area contributed by atoms with Crippen molar-refractivity contribution in [3.05, 3.63) is 29.6 Å². The lowest BCUT2D eigenvalue weighted by atomic mass is 9.87. The van der Waals surface area contributed by atoms with E-state index in [1.807, 2.05) is 6.92 Å². The van der Waals surface area contributed by atoms with Gasteiger partial charge in [0, 0.05) is 23.7 Å². The van der Waals surface area contributed by atoms with Gasteiger partial charge in [0.2, 0.25) is 0 Å². The van der Waals surface area contributed by atoms with Crippen LogP contribution in [0.15, 0.2) is 18.2 Å². The Hall–Kier alpha value is -1.09. The van der Waals surface area contributed by atoms with Crippen molar-refractivity contribution in [2.45, 2.75) is 46.7 Å². The van der Waals surface area contributed by atoms with Crippen molar-refractivity contribution in [2.24, 2.45) is 5.41 Å². The average molecular weight is 239 g/mol. The molecule has 0 spiro atoms. The molecule has 0 saturated carbocycles.